The molecule has 1 N–H and O–H groups in total. The molecule has 3 nitrogen and oxygen atoms in total. The predicted octanol–water partition coefficient (Wildman–Crippen LogP) is 5.38. The molecule has 0 saturated heterocycles. The molecule has 0 fully saturated rings. The number of carbonyl (C=O) groups is 1. The lowest BCUT2D eigenvalue weighted by atomic mass is 10.1. The third kappa shape index (κ3) is 4.17. The summed E-state index contributed by atoms with van der Waals surface area (Å²) in [5.74, 6) is -0.128. The van der Waals surface area contributed by atoms with Gasteiger partial charge in [-0.1, -0.05) is 11.6 Å². The fourth-order valence-corrected chi connectivity index (χ4v) is 2.48. The van der Waals surface area contributed by atoms with Crippen LogP contribution in [0.5, 0.6) is 5.75 Å². The van der Waals surface area contributed by atoms with Crippen molar-refractivity contribution in [2.75, 3.05) is 12.4 Å². The van der Waals surface area contributed by atoms with Gasteiger partial charge in [0.15, 0.2) is 0 Å². The topological polar surface area (TPSA) is 38.3 Å². The Morgan fingerprint density at radius 1 is 1.22 bits per heavy atom. The van der Waals surface area contributed by atoms with E-state index in [4.69, 9.17) is 16.3 Å². The van der Waals surface area contributed by atoms with Gasteiger partial charge in [0.05, 0.1) is 23.3 Å². The third-order valence-electron chi connectivity index (χ3n) is 2.95. The lowest BCUT2D eigenvalue weighted by molar-refractivity contribution is -0.137. The number of hydrogen-bond donors (Lipinski definition) is 1. The van der Waals surface area contributed by atoms with Gasteiger partial charge in [-0.2, -0.15) is 13.2 Å². The Labute approximate surface area is 143 Å². The van der Waals surface area contributed by atoms with E-state index in [1.807, 2.05) is 0 Å². The van der Waals surface area contributed by atoms with Crippen LogP contribution in [0.1, 0.15) is 15.9 Å². The number of nitrogens with one attached hydrogen (secondary N) is 1. The first kappa shape index (κ1) is 17.6. The molecule has 23 heavy (non-hydrogen) atoms. The summed E-state index contributed by atoms with van der Waals surface area (Å²) >= 11 is 8.76. The molecule has 2 aromatic rings. The molecule has 8 heteroatoms. The first-order valence-electron chi connectivity index (χ1n) is 6.24. The van der Waals surface area contributed by atoms with E-state index >= 15 is 0 Å². The number of carbonyl (C=O) groups excluding carboxylic acids is 1. The number of halogens is 5. The van der Waals surface area contributed by atoms with E-state index in [1.165, 1.54) is 19.2 Å². The van der Waals surface area contributed by atoms with Crippen molar-refractivity contribution in [3.63, 3.8) is 0 Å². The zero-order chi connectivity index (χ0) is 17.2. The highest BCUT2D eigenvalue weighted by Crippen LogP contribution is 2.36. The quantitative estimate of drug-likeness (QED) is 0.740. The molecule has 0 saturated carbocycles. The predicted molar refractivity (Wildman–Crippen MR) is 85.1 cm³/mol. The van der Waals surface area contributed by atoms with Crippen LogP contribution < -0.4 is 10.1 Å². The van der Waals surface area contributed by atoms with Crippen molar-refractivity contribution in [3.05, 3.63) is 57.0 Å². The zero-order valence-electron chi connectivity index (χ0n) is 11.7. The number of amides is 1. The maximum Gasteiger partial charge on any atom is 0.417 e. The van der Waals surface area contributed by atoms with Crippen LogP contribution in [0.3, 0.4) is 0 Å². The summed E-state index contributed by atoms with van der Waals surface area (Å²) in [7, 11) is 1.44. The average Bonchev–Trinajstić information content (AvgIpc) is 2.48. The molecule has 0 aliphatic carbocycles. The Morgan fingerprint density at radius 3 is 2.52 bits per heavy atom. The van der Waals surface area contributed by atoms with E-state index in [0.29, 0.717) is 10.2 Å². The van der Waals surface area contributed by atoms with E-state index in [9.17, 15) is 18.0 Å². The molecule has 0 aromatic heterocycles. The summed E-state index contributed by atoms with van der Waals surface area (Å²) in [6.07, 6.45) is -4.60. The van der Waals surface area contributed by atoms with Crippen LogP contribution in [0.4, 0.5) is 18.9 Å². The van der Waals surface area contributed by atoms with Crippen molar-refractivity contribution in [1.29, 1.82) is 0 Å². The average molecular weight is 409 g/mol. The zero-order valence-corrected chi connectivity index (χ0v) is 14.0. The highest BCUT2D eigenvalue weighted by molar-refractivity contribution is 9.10. The molecule has 0 radical (unpaired) electrons. The molecule has 0 bridgehead atoms. The second-order valence-corrected chi connectivity index (χ2v) is 5.75. The Kier molecular flexibility index (Phi) is 5.21. The van der Waals surface area contributed by atoms with Crippen molar-refractivity contribution in [2.45, 2.75) is 6.18 Å². The van der Waals surface area contributed by atoms with Crippen molar-refractivity contribution >= 4 is 39.1 Å². The second-order valence-electron chi connectivity index (χ2n) is 4.49. The van der Waals surface area contributed by atoms with Gasteiger partial charge in [0, 0.05) is 10.2 Å². The minimum absolute atomic E-state index is 0.0126. The van der Waals surface area contributed by atoms with E-state index < -0.39 is 22.7 Å². The van der Waals surface area contributed by atoms with Gasteiger partial charge in [-0.05, 0) is 52.3 Å². The van der Waals surface area contributed by atoms with E-state index in [0.717, 1.165) is 12.1 Å². The molecular weight excluding hydrogens is 399 g/mol. The summed E-state index contributed by atoms with van der Waals surface area (Å²) in [5, 5.41) is 1.97. The molecule has 0 aliphatic rings. The molecule has 0 unspecified atom stereocenters. The molecule has 0 atom stereocenters. The van der Waals surface area contributed by atoms with Crippen LogP contribution in [0.15, 0.2) is 40.9 Å². The van der Waals surface area contributed by atoms with Crippen LogP contribution >= 0.6 is 27.5 Å². The lowest BCUT2D eigenvalue weighted by Gasteiger charge is -2.12. The minimum atomic E-state index is -4.60. The number of benzene rings is 2. The summed E-state index contributed by atoms with van der Waals surface area (Å²) in [6, 6.07) is 7.89. The fraction of sp³-hybridized carbons (Fsp3) is 0.133. The number of anilines is 1. The van der Waals surface area contributed by atoms with Crippen LogP contribution in [0.25, 0.3) is 0 Å². The standard InChI is InChI=1S/C15H10BrClF3NO2/c1-23-9-3-4-12(16)10(7-9)14(22)21-8-2-5-13(17)11(6-8)15(18,19)20/h2-7H,1H3,(H,21,22). The number of hydrogen-bond acceptors (Lipinski definition) is 2. The number of alkyl halides is 3. The number of rotatable bonds is 3. The van der Waals surface area contributed by atoms with Crippen molar-refractivity contribution in [3.8, 4) is 5.75 Å². The number of ether oxygens (including phenoxy) is 1. The van der Waals surface area contributed by atoms with Gasteiger partial charge in [-0.25, -0.2) is 0 Å². The molecule has 0 spiro atoms. The van der Waals surface area contributed by atoms with Crippen molar-refractivity contribution < 1.29 is 22.7 Å². The molecule has 0 aliphatic heterocycles. The van der Waals surface area contributed by atoms with Crippen LogP contribution in [0, 0.1) is 0 Å². The molecule has 2 aromatic carbocycles. The Balaban J connectivity index is 2.31. The van der Waals surface area contributed by atoms with E-state index in [2.05, 4.69) is 21.2 Å². The molecule has 122 valence electrons. The highest BCUT2D eigenvalue weighted by atomic mass is 79.9. The van der Waals surface area contributed by atoms with Gasteiger partial charge in [-0.3, -0.25) is 4.79 Å². The maximum absolute atomic E-state index is 12.8. The number of methoxy groups -OCH3 is 1. The summed E-state index contributed by atoms with van der Waals surface area (Å²) in [6.45, 7) is 0. The highest BCUT2D eigenvalue weighted by Gasteiger charge is 2.33. The van der Waals surface area contributed by atoms with Gasteiger partial charge in [0.2, 0.25) is 0 Å². The largest absolute Gasteiger partial charge is 0.497 e. The summed E-state index contributed by atoms with van der Waals surface area (Å²) in [5.41, 5.74) is -0.795. The Bertz CT molecular complexity index is 750. The molecule has 2 rings (SSSR count). The van der Waals surface area contributed by atoms with Gasteiger partial charge in [0.1, 0.15) is 5.75 Å². The minimum Gasteiger partial charge on any atom is -0.497 e. The van der Waals surface area contributed by atoms with Gasteiger partial charge in [-0.15, -0.1) is 0 Å². The summed E-state index contributed by atoms with van der Waals surface area (Å²) < 4.78 is 44.0. The third-order valence-corrected chi connectivity index (χ3v) is 3.97. The first-order valence-corrected chi connectivity index (χ1v) is 7.41. The second kappa shape index (κ2) is 6.80. The lowest BCUT2D eigenvalue weighted by Crippen LogP contribution is -2.14. The van der Waals surface area contributed by atoms with Gasteiger partial charge in [0.25, 0.3) is 5.91 Å². The summed E-state index contributed by atoms with van der Waals surface area (Å²) in [4.78, 5) is 12.2. The van der Waals surface area contributed by atoms with Gasteiger partial charge >= 0.3 is 6.18 Å². The normalized spacial score (nSPS) is 11.2. The Morgan fingerprint density at radius 2 is 1.91 bits per heavy atom. The SMILES string of the molecule is COc1ccc(Br)c(C(=O)Nc2ccc(Cl)c(C(F)(F)F)c2)c1. The maximum atomic E-state index is 12.8. The smallest absolute Gasteiger partial charge is 0.417 e. The first-order chi connectivity index (χ1) is 10.7. The van der Waals surface area contributed by atoms with Crippen molar-refractivity contribution in [2.24, 2.45) is 0 Å². The van der Waals surface area contributed by atoms with Crippen LogP contribution in [-0.2, 0) is 6.18 Å². The van der Waals surface area contributed by atoms with E-state index in [1.54, 1.807) is 12.1 Å². The molecular formula is C15H10BrClF3NO2. The van der Waals surface area contributed by atoms with E-state index in [-0.39, 0.29) is 11.3 Å². The van der Waals surface area contributed by atoms with Crippen molar-refractivity contribution in [1.82, 2.24) is 0 Å². The monoisotopic (exact) mass is 407 g/mol. The Hall–Kier alpha value is -1.73. The van der Waals surface area contributed by atoms with Crippen LogP contribution in [0.2, 0.25) is 5.02 Å². The van der Waals surface area contributed by atoms with Gasteiger partial charge < -0.3 is 10.1 Å². The molecule has 0 heterocycles. The fourth-order valence-electron chi connectivity index (χ4n) is 1.82. The van der Waals surface area contributed by atoms with Crippen LogP contribution in [-0.4, -0.2) is 13.0 Å². The molecule has 1 amide bonds.